The Hall–Kier alpha value is -1.59. The van der Waals surface area contributed by atoms with Gasteiger partial charge in [0.25, 0.3) is 0 Å². The fraction of sp³-hybridized carbons (Fsp3) is 0.286. The van der Waals surface area contributed by atoms with Crippen LogP contribution < -0.4 is 0 Å². The minimum atomic E-state index is -0.115. The summed E-state index contributed by atoms with van der Waals surface area (Å²) in [6.07, 6.45) is 3.02. The van der Waals surface area contributed by atoms with Crippen LogP contribution in [0.4, 0.5) is 0 Å². The number of rotatable bonds is 6. The summed E-state index contributed by atoms with van der Waals surface area (Å²) in [5.74, 6) is -0.115. The minimum Gasteiger partial charge on any atom is -0.332 e. The zero-order valence-electron chi connectivity index (χ0n) is 11.3. The highest BCUT2D eigenvalue weighted by atomic mass is 35.5. The number of aryl methyl sites for hydroxylation is 1. The molecule has 0 aliphatic rings. The molecule has 0 N–H and O–H groups in total. The van der Waals surface area contributed by atoms with E-state index in [2.05, 4.69) is 11.6 Å². The summed E-state index contributed by atoms with van der Waals surface area (Å²) in [6.45, 7) is 7.31. The lowest BCUT2D eigenvalue weighted by atomic mass is 10.3. The first-order chi connectivity index (χ1) is 9.65. The number of amides is 1. The molecule has 2 heterocycles. The van der Waals surface area contributed by atoms with E-state index in [0.717, 1.165) is 17.8 Å². The Morgan fingerprint density at radius 1 is 1.60 bits per heavy atom. The second kappa shape index (κ2) is 6.72. The maximum atomic E-state index is 12.0. The molecule has 0 atom stereocenters. The van der Waals surface area contributed by atoms with Gasteiger partial charge >= 0.3 is 0 Å². The van der Waals surface area contributed by atoms with E-state index in [9.17, 15) is 4.79 Å². The van der Waals surface area contributed by atoms with Crippen molar-refractivity contribution < 1.29 is 4.79 Å². The molecule has 6 heteroatoms. The van der Waals surface area contributed by atoms with Crippen molar-refractivity contribution in [3.05, 3.63) is 52.2 Å². The highest BCUT2D eigenvalue weighted by Gasteiger charge is 2.17. The lowest BCUT2D eigenvalue weighted by Gasteiger charge is -2.21. The maximum absolute atomic E-state index is 12.0. The standard InChI is InChI=1S/C14H16ClN3OS/c1-3-13(19)18(7-11-5-6-20-9-11)8-12-14(15)16-10-17(12)4-2/h3,5-6,9-10H,1,4,7-8H2,2H3. The first-order valence-corrected chi connectivity index (χ1v) is 7.59. The lowest BCUT2D eigenvalue weighted by molar-refractivity contribution is -0.127. The van der Waals surface area contributed by atoms with Gasteiger partial charge in [0, 0.05) is 13.1 Å². The third-order valence-electron chi connectivity index (χ3n) is 3.02. The molecule has 0 bridgehead atoms. The predicted molar refractivity (Wildman–Crippen MR) is 81.7 cm³/mol. The van der Waals surface area contributed by atoms with Crippen LogP contribution in [-0.2, 0) is 24.4 Å². The molecule has 2 rings (SSSR count). The van der Waals surface area contributed by atoms with Gasteiger partial charge in [-0.2, -0.15) is 11.3 Å². The normalized spacial score (nSPS) is 10.5. The van der Waals surface area contributed by atoms with Crippen LogP contribution in [0, 0.1) is 0 Å². The Morgan fingerprint density at radius 2 is 2.40 bits per heavy atom. The fourth-order valence-corrected chi connectivity index (χ4v) is 2.81. The van der Waals surface area contributed by atoms with Gasteiger partial charge in [-0.05, 0) is 35.4 Å². The molecule has 20 heavy (non-hydrogen) atoms. The number of halogens is 1. The Morgan fingerprint density at radius 3 is 3.00 bits per heavy atom. The molecule has 106 valence electrons. The average Bonchev–Trinajstić information content (AvgIpc) is 3.08. The Bertz CT molecular complexity index is 592. The van der Waals surface area contributed by atoms with Crippen molar-refractivity contribution in [3.63, 3.8) is 0 Å². The highest BCUT2D eigenvalue weighted by molar-refractivity contribution is 7.07. The number of hydrogen-bond acceptors (Lipinski definition) is 3. The first-order valence-electron chi connectivity index (χ1n) is 6.27. The molecule has 2 aromatic heterocycles. The summed E-state index contributed by atoms with van der Waals surface area (Å²) in [7, 11) is 0. The molecule has 0 spiro atoms. The minimum absolute atomic E-state index is 0.115. The van der Waals surface area contributed by atoms with E-state index >= 15 is 0 Å². The van der Waals surface area contributed by atoms with Gasteiger partial charge in [-0.3, -0.25) is 4.79 Å². The van der Waals surface area contributed by atoms with Crippen molar-refractivity contribution in [2.75, 3.05) is 0 Å². The van der Waals surface area contributed by atoms with Crippen molar-refractivity contribution in [3.8, 4) is 0 Å². The van der Waals surface area contributed by atoms with Crippen molar-refractivity contribution in [1.82, 2.24) is 14.5 Å². The van der Waals surface area contributed by atoms with E-state index in [4.69, 9.17) is 11.6 Å². The summed E-state index contributed by atoms with van der Waals surface area (Å²) < 4.78 is 1.94. The van der Waals surface area contributed by atoms with E-state index in [-0.39, 0.29) is 5.91 Å². The number of nitrogens with zero attached hydrogens (tertiary/aromatic N) is 3. The lowest BCUT2D eigenvalue weighted by Crippen LogP contribution is -2.29. The zero-order valence-corrected chi connectivity index (χ0v) is 12.8. The zero-order chi connectivity index (χ0) is 14.5. The van der Waals surface area contributed by atoms with Crippen LogP contribution in [0.2, 0.25) is 5.15 Å². The van der Waals surface area contributed by atoms with Crippen molar-refractivity contribution in [1.29, 1.82) is 0 Å². The molecule has 0 unspecified atom stereocenters. The molecule has 0 radical (unpaired) electrons. The molecule has 0 aliphatic heterocycles. The van der Waals surface area contributed by atoms with Crippen LogP contribution in [0.5, 0.6) is 0 Å². The third kappa shape index (κ3) is 3.29. The molecular weight excluding hydrogens is 294 g/mol. The van der Waals surface area contributed by atoms with Gasteiger partial charge in [0.05, 0.1) is 18.6 Å². The van der Waals surface area contributed by atoms with E-state index in [1.165, 1.54) is 6.08 Å². The third-order valence-corrected chi connectivity index (χ3v) is 4.06. The summed E-state index contributed by atoms with van der Waals surface area (Å²) in [4.78, 5) is 17.8. The fourth-order valence-electron chi connectivity index (χ4n) is 1.94. The van der Waals surface area contributed by atoms with E-state index < -0.39 is 0 Å². The first kappa shape index (κ1) is 14.8. The van der Waals surface area contributed by atoms with Crippen LogP contribution in [0.3, 0.4) is 0 Å². The Labute approximate surface area is 127 Å². The van der Waals surface area contributed by atoms with Gasteiger partial charge in [0.1, 0.15) is 0 Å². The van der Waals surface area contributed by atoms with Crippen molar-refractivity contribution >= 4 is 28.8 Å². The van der Waals surface area contributed by atoms with Crippen LogP contribution in [0.1, 0.15) is 18.2 Å². The van der Waals surface area contributed by atoms with E-state index in [1.807, 2.05) is 28.3 Å². The molecule has 4 nitrogen and oxygen atoms in total. The SMILES string of the molecule is C=CC(=O)N(Cc1ccsc1)Cc1c(Cl)ncn1CC. The number of hydrogen-bond donors (Lipinski definition) is 0. The number of carbonyl (C=O) groups is 1. The molecule has 0 saturated carbocycles. The molecule has 0 saturated heterocycles. The predicted octanol–water partition coefficient (Wildman–Crippen LogP) is 3.33. The molecule has 0 fully saturated rings. The van der Waals surface area contributed by atoms with Gasteiger partial charge in [-0.15, -0.1) is 0 Å². The summed E-state index contributed by atoms with van der Waals surface area (Å²) >= 11 is 7.72. The number of aromatic nitrogens is 2. The van der Waals surface area contributed by atoms with Crippen molar-refractivity contribution in [2.24, 2.45) is 0 Å². The van der Waals surface area contributed by atoms with E-state index in [0.29, 0.717) is 18.2 Å². The van der Waals surface area contributed by atoms with Crippen LogP contribution in [0.25, 0.3) is 0 Å². The van der Waals surface area contributed by atoms with E-state index in [1.54, 1.807) is 22.6 Å². The monoisotopic (exact) mass is 309 g/mol. The second-order valence-corrected chi connectivity index (χ2v) is 5.44. The molecule has 0 aromatic carbocycles. The van der Waals surface area contributed by atoms with Gasteiger partial charge < -0.3 is 9.47 Å². The average molecular weight is 310 g/mol. The smallest absolute Gasteiger partial charge is 0.246 e. The topological polar surface area (TPSA) is 38.1 Å². The summed E-state index contributed by atoms with van der Waals surface area (Å²) in [5.41, 5.74) is 1.95. The number of thiophene rings is 1. The highest BCUT2D eigenvalue weighted by Crippen LogP contribution is 2.18. The summed E-state index contributed by atoms with van der Waals surface area (Å²) in [6, 6.07) is 2.01. The van der Waals surface area contributed by atoms with Crippen LogP contribution in [-0.4, -0.2) is 20.4 Å². The number of carbonyl (C=O) groups excluding carboxylic acids is 1. The molecule has 1 amide bonds. The van der Waals surface area contributed by atoms with Crippen LogP contribution >= 0.6 is 22.9 Å². The van der Waals surface area contributed by atoms with Gasteiger partial charge in [-0.1, -0.05) is 18.2 Å². The quantitative estimate of drug-likeness (QED) is 0.768. The number of imidazole rings is 1. The molecule has 2 aromatic rings. The second-order valence-electron chi connectivity index (χ2n) is 4.30. The van der Waals surface area contributed by atoms with Crippen molar-refractivity contribution in [2.45, 2.75) is 26.6 Å². The Balaban J connectivity index is 2.21. The van der Waals surface area contributed by atoms with Gasteiger partial charge in [0.15, 0.2) is 5.15 Å². The molecular formula is C14H16ClN3OS. The largest absolute Gasteiger partial charge is 0.332 e. The van der Waals surface area contributed by atoms with Crippen LogP contribution in [0.15, 0.2) is 35.8 Å². The molecule has 0 aliphatic carbocycles. The maximum Gasteiger partial charge on any atom is 0.246 e. The van der Waals surface area contributed by atoms with Gasteiger partial charge in [0.2, 0.25) is 5.91 Å². The van der Waals surface area contributed by atoms with Gasteiger partial charge in [-0.25, -0.2) is 4.98 Å². The Kier molecular flexibility index (Phi) is 4.98. The summed E-state index contributed by atoms with van der Waals surface area (Å²) in [5, 5.41) is 4.47.